The van der Waals surface area contributed by atoms with Crippen molar-refractivity contribution in [3.63, 3.8) is 0 Å². The van der Waals surface area contributed by atoms with E-state index in [1.165, 1.54) is 6.92 Å². The predicted octanol–water partition coefficient (Wildman–Crippen LogP) is 2.02. The highest BCUT2D eigenvalue weighted by Gasteiger charge is 2.26. The average molecular weight is 648 g/mol. The van der Waals surface area contributed by atoms with Crippen molar-refractivity contribution in [2.24, 2.45) is 20.2 Å². The van der Waals surface area contributed by atoms with Crippen LogP contribution in [0.4, 0.5) is 17.1 Å². The maximum absolute atomic E-state index is 12.9. The Balaban J connectivity index is 1.40. The highest BCUT2D eigenvalue weighted by atomic mass is 16.2. The van der Waals surface area contributed by atoms with Crippen LogP contribution in [0.15, 0.2) is 67.5 Å². The molecule has 1 aromatic heterocycles. The third kappa shape index (κ3) is 10.5. The number of aromatic nitrogens is 2. The number of hydrogen-bond acceptors (Lipinski definition) is 10. The summed E-state index contributed by atoms with van der Waals surface area (Å²) in [6.45, 7) is 4.53. The van der Waals surface area contributed by atoms with Gasteiger partial charge in [0.1, 0.15) is 0 Å². The number of aromatic amines is 2. The van der Waals surface area contributed by atoms with E-state index in [1.54, 1.807) is 30.3 Å². The molecule has 1 fully saturated rings. The second kappa shape index (κ2) is 17.0. The number of azo groups is 1. The summed E-state index contributed by atoms with van der Waals surface area (Å²) in [7, 11) is 7.99. The molecule has 0 saturated carbocycles. The third-order valence-electron chi connectivity index (χ3n) is 7.23. The van der Waals surface area contributed by atoms with Crippen LogP contribution in [-0.4, -0.2) is 110 Å². The number of rotatable bonds is 16. The topological polar surface area (TPSA) is 199 Å². The van der Waals surface area contributed by atoms with Gasteiger partial charge in [0.15, 0.2) is 12.1 Å². The van der Waals surface area contributed by atoms with Crippen LogP contribution in [0.1, 0.15) is 26.2 Å². The van der Waals surface area contributed by atoms with Crippen LogP contribution in [-0.2, 0) is 9.59 Å². The lowest BCUT2D eigenvalue weighted by Crippen LogP contribution is -2.66. The molecule has 2 atom stereocenters. The van der Waals surface area contributed by atoms with Gasteiger partial charge in [-0.25, -0.2) is 4.79 Å². The molecule has 16 nitrogen and oxygen atoms in total. The van der Waals surface area contributed by atoms with Crippen LogP contribution in [0.5, 0.6) is 0 Å². The van der Waals surface area contributed by atoms with Gasteiger partial charge in [-0.05, 0) is 103 Å². The molecular weight excluding hydrogens is 602 g/mol. The summed E-state index contributed by atoms with van der Waals surface area (Å²) in [5.41, 5.74) is 2.46. The zero-order valence-electron chi connectivity index (χ0n) is 27.6. The second-order valence-electron chi connectivity index (χ2n) is 11.4. The van der Waals surface area contributed by atoms with E-state index in [1.807, 2.05) is 31.1 Å². The van der Waals surface area contributed by atoms with E-state index in [2.05, 4.69) is 65.8 Å². The monoisotopic (exact) mass is 647 g/mol. The highest BCUT2D eigenvalue weighted by Crippen LogP contribution is 2.20. The molecule has 3 aromatic rings. The second-order valence-corrected chi connectivity index (χ2v) is 11.4. The van der Waals surface area contributed by atoms with Crippen LogP contribution >= 0.6 is 0 Å². The number of guanidine groups is 2. The predicted molar refractivity (Wildman–Crippen MR) is 185 cm³/mol. The molecule has 1 aliphatic heterocycles. The molecule has 0 radical (unpaired) electrons. The number of carbonyl (C=O) groups is 2. The van der Waals surface area contributed by atoms with Crippen LogP contribution < -0.4 is 32.3 Å². The fraction of sp³-hybridized carbons (Fsp3) is 0.452. The quantitative estimate of drug-likeness (QED) is 0.0691. The normalized spacial score (nSPS) is 17.3. The fourth-order valence-electron chi connectivity index (χ4n) is 4.67. The molecule has 1 saturated heterocycles. The molecule has 0 bridgehead atoms. The number of aliphatic imine (C=N–C) groups is 2. The summed E-state index contributed by atoms with van der Waals surface area (Å²) >= 11 is 0. The standard InChI is InChI=1S/C31H45N13O3/c1-20(45)26(27(46)35-23-13-14-24-25(19-23)38-31(47)37-24)42-41-22-11-9-21(10-12-22)36-30-40-28(33-16-6-7-18-43(3)4)39-29(44(30)5)34-17-8-15-32-2/h9-14,19,26,30,32,36H,6-8,15-18H2,1-5H3,(H,35,46)(H2,37,38,47)(H2,33,34,39,40). The van der Waals surface area contributed by atoms with Gasteiger partial charge in [-0.2, -0.15) is 10.2 Å². The van der Waals surface area contributed by atoms with E-state index < -0.39 is 17.7 Å². The van der Waals surface area contributed by atoms with Crippen LogP contribution in [0.3, 0.4) is 0 Å². The lowest BCUT2D eigenvalue weighted by atomic mass is 10.2. The number of anilines is 2. The zero-order valence-corrected chi connectivity index (χ0v) is 27.6. The van der Waals surface area contributed by atoms with Crippen molar-refractivity contribution >= 4 is 51.7 Å². The number of nitrogens with zero attached hydrogens (tertiary/aromatic N) is 6. The number of hydrogen-bond donors (Lipinski definition) is 7. The molecule has 4 rings (SSSR count). The summed E-state index contributed by atoms with van der Waals surface area (Å²) in [5.74, 6) is 0.275. The van der Waals surface area contributed by atoms with Gasteiger partial charge in [0, 0.05) is 31.5 Å². The Morgan fingerprint density at radius 2 is 1.70 bits per heavy atom. The summed E-state index contributed by atoms with van der Waals surface area (Å²) in [4.78, 5) is 55.6. The smallest absolute Gasteiger partial charge is 0.323 e. The first-order chi connectivity index (χ1) is 22.6. The first kappa shape index (κ1) is 34.8. The number of fused-ring (bicyclic) bond motifs is 1. The van der Waals surface area contributed by atoms with Crippen molar-refractivity contribution in [1.29, 1.82) is 0 Å². The Morgan fingerprint density at radius 3 is 2.43 bits per heavy atom. The molecule has 1 aliphatic rings. The van der Waals surface area contributed by atoms with Crippen LogP contribution in [0, 0.1) is 0 Å². The minimum atomic E-state index is -1.34. The lowest BCUT2D eigenvalue weighted by molar-refractivity contribution is -0.126. The van der Waals surface area contributed by atoms with Crippen molar-refractivity contribution in [2.45, 2.75) is 38.5 Å². The first-order valence-electron chi connectivity index (χ1n) is 15.6. The Bertz CT molecular complexity index is 1640. The Hall–Kier alpha value is -5.09. The van der Waals surface area contributed by atoms with Crippen LogP contribution in [0.25, 0.3) is 11.0 Å². The molecule has 2 unspecified atom stereocenters. The van der Waals surface area contributed by atoms with Gasteiger partial charge < -0.3 is 41.0 Å². The van der Waals surface area contributed by atoms with Gasteiger partial charge >= 0.3 is 5.69 Å². The minimum Gasteiger partial charge on any atom is -0.348 e. The van der Waals surface area contributed by atoms with Crippen molar-refractivity contribution in [2.75, 3.05) is 65.0 Å². The Morgan fingerprint density at radius 1 is 0.979 bits per heavy atom. The first-order valence-corrected chi connectivity index (χ1v) is 15.6. The molecule has 2 aromatic carbocycles. The SMILES string of the molecule is CNCCCN=C1NC(=NCCCCN(C)C)NC(Nc2ccc(N=NC(C(C)=O)C(=O)Nc3ccc4[nH]c(=O)[nH]c4c3)cc2)N1C. The largest absolute Gasteiger partial charge is 0.348 e. The van der Waals surface area contributed by atoms with Crippen molar-refractivity contribution < 1.29 is 9.59 Å². The number of benzene rings is 2. The fourth-order valence-corrected chi connectivity index (χ4v) is 4.67. The maximum Gasteiger partial charge on any atom is 0.323 e. The molecule has 0 spiro atoms. The van der Waals surface area contributed by atoms with Crippen molar-refractivity contribution in [3.05, 3.63) is 52.9 Å². The van der Waals surface area contributed by atoms with E-state index >= 15 is 0 Å². The van der Waals surface area contributed by atoms with Gasteiger partial charge in [-0.3, -0.25) is 24.9 Å². The molecule has 7 N–H and O–H groups in total. The number of ketones is 1. The third-order valence-corrected chi connectivity index (χ3v) is 7.23. The molecule has 252 valence electrons. The highest BCUT2D eigenvalue weighted by molar-refractivity contribution is 6.10. The number of Topliss-reactive ketones (excluding diaryl/α,β-unsaturated/α-hetero) is 1. The Labute approximate surface area is 273 Å². The van der Waals surface area contributed by atoms with Gasteiger partial charge in [0.25, 0.3) is 5.91 Å². The average Bonchev–Trinajstić information content (AvgIpc) is 3.40. The molecule has 0 aliphatic carbocycles. The Kier molecular flexibility index (Phi) is 12.6. The van der Waals surface area contributed by atoms with E-state index in [-0.39, 0.29) is 12.0 Å². The summed E-state index contributed by atoms with van der Waals surface area (Å²) < 4.78 is 0. The lowest BCUT2D eigenvalue weighted by Gasteiger charge is -2.38. The summed E-state index contributed by atoms with van der Waals surface area (Å²) in [6, 6.07) is 10.7. The molecule has 47 heavy (non-hydrogen) atoms. The number of H-pyrrole nitrogens is 2. The van der Waals surface area contributed by atoms with Gasteiger partial charge in [0.05, 0.1) is 16.7 Å². The number of amides is 1. The molecular formula is C31H45N13O3. The van der Waals surface area contributed by atoms with Crippen LogP contribution in [0.2, 0.25) is 0 Å². The summed E-state index contributed by atoms with van der Waals surface area (Å²) in [5, 5.41) is 24.2. The van der Waals surface area contributed by atoms with E-state index in [4.69, 9.17) is 9.98 Å². The van der Waals surface area contributed by atoms with Gasteiger partial charge in [0.2, 0.25) is 18.0 Å². The molecule has 16 heteroatoms. The van der Waals surface area contributed by atoms with Gasteiger partial charge in [-0.15, -0.1) is 0 Å². The van der Waals surface area contributed by atoms with Crippen molar-refractivity contribution in [3.8, 4) is 0 Å². The van der Waals surface area contributed by atoms with E-state index in [0.29, 0.717) is 47.4 Å². The number of unbranched alkanes of at least 4 members (excludes halogenated alkanes) is 1. The van der Waals surface area contributed by atoms with Gasteiger partial charge in [-0.1, -0.05) is 0 Å². The van der Waals surface area contributed by atoms with E-state index in [0.717, 1.165) is 38.0 Å². The molecule has 1 amide bonds. The van der Waals surface area contributed by atoms with Crippen molar-refractivity contribution in [1.82, 2.24) is 35.7 Å². The minimum absolute atomic E-state index is 0.332. The number of nitrogens with one attached hydrogen (secondary N) is 7. The maximum atomic E-state index is 12.9. The number of carbonyl (C=O) groups excluding carboxylic acids is 2. The summed E-state index contributed by atoms with van der Waals surface area (Å²) in [6.07, 6.45) is 2.61. The molecule has 2 heterocycles. The zero-order chi connectivity index (χ0) is 33.8. The van der Waals surface area contributed by atoms with E-state index in [9.17, 15) is 14.4 Å². The number of imidazole rings is 1.